The summed E-state index contributed by atoms with van der Waals surface area (Å²) in [4.78, 5) is 22.8. The largest absolute Gasteiger partial charge is 0.289 e. The summed E-state index contributed by atoms with van der Waals surface area (Å²) in [5.41, 5.74) is 2.75. The van der Waals surface area contributed by atoms with Gasteiger partial charge in [-0.3, -0.25) is 14.9 Å². The summed E-state index contributed by atoms with van der Waals surface area (Å²) >= 11 is 0. The van der Waals surface area contributed by atoms with Gasteiger partial charge in [-0.05, 0) is 17.7 Å². The number of allylic oxidation sites excluding steroid dienone is 1. The maximum Gasteiger partial charge on any atom is 0.276 e. The number of para-hydroxylation sites is 1. The Labute approximate surface area is 115 Å². The SMILES string of the molecule is O=C1/C(=C\c2ccccc2[N+](=O)[O-])Cc2ccccc21. The predicted molar refractivity (Wildman–Crippen MR) is 75.5 cm³/mol. The van der Waals surface area contributed by atoms with Gasteiger partial charge < -0.3 is 0 Å². The first kappa shape index (κ1) is 12.3. The van der Waals surface area contributed by atoms with E-state index in [4.69, 9.17) is 0 Å². The van der Waals surface area contributed by atoms with Crippen LogP contribution in [0.3, 0.4) is 0 Å². The van der Waals surface area contributed by atoms with E-state index in [-0.39, 0.29) is 11.5 Å². The molecule has 0 unspecified atom stereocenters. The number of nitro benzene ring substituents is 1. The molecule has 0 fully saturated rings. The van der Waals surface area contributed by atoms with E-state index >= 15 is 0 Å². The van der Waals surface area contributed by atoms with Crippen LogP contribution >= 0.6 is 0 Å². The maximum atomic E-state index is 12.2. The van der Waals surface area contributed by atoms with E-state index in [1.165, 1.54) is 6.07 Å². The Morgan fingerprint density at radius 2 is 1.75 bits per heavy atom. The Kier molecular flexibility index (Phi) is 2.91. The third-order valence-electron chi connectivity index (χ3n) is 3.40. The molecule has 1 aliphatic carbocycles. The molecule has 98 valence electrons. The topological polar surface area (TPSA) is 60.2 Å². The molecule has 0 atom stereocenters. The first-order valence-electron chi connectivity index (χ1n) is 6.23. The number of nitrogens with zero attached hydrogens (tertiary/aromatic N) is 1. The van der Waals surface area contributed by atoms with Crippen molar-refractivity contribution in [2.45, 2.75) is 6.42 Å². The van der Waals surface area contributed by atoms with Crippen molar-refractivity contribution in [1.82, 2.24) is 0 Å². The van der Waals surface area contributed by atoms with E-state index < -0.39 is 4.92 Å². The normalized spacial score (nSPS) is 15.4. The van der Waals surface area contributed by atoms with Crippen LogP contribution in [0.2, 0.25) is 0 Å². The number of fused-ring (bicyclic) bond motifs is 1. The minimum Gasteiger partial charge on any atom is -0.289 e. The predicted octanol–water partition coefficient (Wildman–Crippen LogP) is 3.42. The van der Waals surface area contributed by atoms with Gasteiger partial charge in [0.2, 0.25) is 0 Å². The Morgan fingerprint density at radius 1 is 1.05 bits per heavy atom. The highest BCUT2D eigenvalue weighted by Gasteiger charge is 2.24. The van der Waals surface area contributed by atoms with Gasteiger partial charge in [0, 0.05) is 23.6 Å². The Morgan fingerprint density at radius 3 is 2.50 bits per heavy atom. The van der Waals surface area contributed by atoms with E-state index in [0.717, 1.165) is 5.56 Å². The van der Waals surface area contributed by atoms with Crippen LogP contribution in [0.5, 0.6) is 0 Å². The van der Waals surface area contributed by atoms with Gasteiger partial charge in [-0.2, -0.15) is 0 Å². The standard InChI is InChI=1S/C16H11NO3/c18-16-13(9-11-5-1-3-7-14(11)16)10-12-6-2-4-8-15(12)17(19)20/h1-8,10H,9H2/b13-10-. The number of Topliss-reactive ketones (excluding diaryl/α,β-unsaturated/α-hetero) is 1. The Hall–Kier alpha value is -2.75. The summed E-state index contributed by atoms with van der Waals surface area (Å²) in [6, 6.07) is 13.9. The Bertz CT molecular complexity index is 747. The second-order valence-electron chi connectivity index (χ2n) is 4.65. The monoisotopic (exact) mass is 265 g/mol. The molecule has 0 spiro atoms. The average molecular weight is 265 g/mol. The molecule has 3 rings (SSSR count). The van der Waals surface area contributed by atoms with Crippen molar-refractivity contribution in [3.05, 3.63) is 80.9 Å². The van der Waals surface area contributed by atoms with Crippen molar-refractivity contribution in [2.75, 3.05) is 0 Å². The van der Waals surface area contributed by atoms with Crippen molar-refractivity contribution in [2.24, 2.45) is 0 Å². The fourth-order valence-corrected chi connectivity index (χ4v) is 2.43. The van der Waals surface area contributed by atoms with Gasteiger partial charge in [0.15, 0.2) is 5.78 Å². The third kappa shape index (κ3) is 2.01. The molecule has 0 aromatic heterocycles. The van der Waals surface area contributed by atoms with Gasteiger partial charge in [-0.15, -0.1) is 0 Å². The maximum absolute atomic E-state index is 12.2. The van der Waals surface area contributed by atoms with E-state index in [0.29, 0.717) is 23.1 Å². The van der Waals surface area contributed by atoms with Gasteiger partial charge in [0.05, 0.1) is 10.5 Å². The highest BCUT2D eigenvalue weighted by molar-refractivity contribution is 6.15. The summed E-state index contributed by atoms with van der Waals surface area (Å²) in [5.74, 6) is -0.0428. The lowest BCUT2D eigenvalue weighted by molar-refractivity contribution is -0.385. The second kappa shape index (κ2) is 4.74. The number of nitro groups is 1. The summed E-state index contributed by atoms with van der Waals surface area (Å²) < 4.78 is 0. The first-order valence-corrected chi connectivity index (χ1v) is 6.23. The minimum absolute atomic E-state index is 0.0174. The van der Waals surface area contributed by atoms with Gasteiger partial charge in [0.1, 0.15) is 0 Å². The molecule has 0 aliphatic heterocycles. The molecule has 0 N–H and O–H groups in total. The highest BCUT2D eigenvalue weighted by Crippen LogP contribution is 2.29. The molecular formula is C16H11NO3. The summed E-state index contributed by atoms with van der Waals surface area (Å²) in [5, 5.41) is 11.0. The highest BCUT2D eigenvalue weighted by atomic mass is 16.6. The van der Waals surface area contributed by atoms with Crippen LogP contribution in [0.4, 0.5) is 5.69 Å². The second-order valence-corrected chi connectivity index (χ2v) is 4.65. The molecular weight excluding hydrogens is 254 g/mol. The third-order valence-corrected chi connectivity index (χ3v) is 3.40. The molecule has 0 heterocycles. The molecule has 0 amide bonds. The number of carbonyl (C=O) groups excluding carboxylic acids is 1. The van der Waals surface area contributed by atoms with Crippen LogP contribution in [0.1, 0.15) is 21.5 Å². The zero-order valence-electron chi connectivity index (χ0n) is 10.6. The lowest BCUT2D eigenvalue weighted by Gasteiger charge is -1.98. The van der Waals surface area contributed by atoms with Crippen LogP contribution in [0.25, 0.3) is 6.08 Å². The van der Waals surface area contributed by atoms with Gasteiger partial charge in [-0.25, -0.2) is 0 Å². The molecule has 2 aromatic carbocycles. The number of benzene rings is 2. The van der Waals surface area contributed by atoms with E-state index in [9.17, 15) is 14.9 Å². The van der Waals surface area contributed by atoms with Crippen molar-refractivity contribution < 1.29 is 9.72 Å². The van der Waals surface area contributed by atoms with E-state index in [1.54, 1.807) is 30.3 Å². The number of rotatable bonds is 2. The lowest BCUT2D eigenvalue weighted by Crippen LogP contribution is -1.96. The number of hydrogen-bond donors (Lipinski definition) is 0. The zero-order chi connectivity index (χ0) is 14.1. The smallest absolute Gasteiger partial charge is 0.276 e. The van der Waals surface area contributed by atoms with Crippen LogP contribution in [-0.4, -0.2) is 10.7 Å². The van der Waals surface area contributed by atoms with E-state index in [1.807, 2.05) is 18.2 Å². The fraction of sp³-hybridized carbons (Fsp3) is 0.0625. The summed E-state index contributed by atoms with van der Waals surface area (Å²) in [6.07, 6.45) is 2.15. The Balaban J connectivity index is 2.04. The molecule has 0 bridgehead atoms. The molecule has 0 saturated heterocycles. The van der Waals surface area contributed by atoms with Crippen molar-refractivity contribution in [3.63, 3.8) is 0 Å². The number of carbonyl (C=O) groups is 1. The summed E-state index contributed by atoms with van der Waals surface area (Å²) in [6.45, 7) is 0. The fourth-order valence-electron chi connectivity index (χ4n) is 2.43. The van der Waals surface area contributed by atoms with Gasteiger partial charge in [-0.1, -0.05) is 36.4 Å². The van der Waals surface area contributed by atoms with Gasteiger partial charge in [0.25, 0.3) is 5.69 Å². The zero-order valence-corrected chi connectivity index (χ0v) is 10.6. The minimum atomic E-state index is -0.432. The average Bonchev–Trinajstić information content (AvgIpc) is 2.76. The van der Waals surface area contributed by atoms with Gasteiger partial charge >= 0.3 is 0 Å². The lowest BCUT2D eigenvalue weighted by atomic mass is 10.1. The van der Waals surface area contributed by atoms with Crippen molar-refractivity contribution >= 4 is 17.5 Å². The molecule has 0 saturated carbocycles. The van der Waals surface area contributed by atoms with Crippen LogP contribution in [0.15, 0.2) is 54.1 Å². The summed E-state index contributed by atoms with van der Waals surface area (Å²) in [7, 11) is 0. The number of hydrogen-bond acceptors (Lipinski definition) is 3. The molecule has 4 heteroatoms. The molecule has 4 nitrogen and oxygen atoms in total. The van der Waals surface area contributed by atoms with Crippen LogP contribution < -0.4 is 0 Å². The van der Waals surface area contributed by atoms with Crippen LogP contribution in [-0.2, 0) is 6.42 Å². The molecule has 1 aliphatic rings. The van der Waals surface area contributed by atoms with E-state index in [2.05, 4.69) is 0 Å². The van der Waals surface area contributed by atoms with Crippen molar-refractivity contribution in [1.29, 1.82) is 0 Å². The molecule has 20 heavy (non-hydrogen) atoms. The quantitative estimate of drug-likeness (QED) is 0.475. The first-order chi connectivity index (χ1) is 9.66. The van der Waals surface area contributed by atoms with Crippen molar-refractivity contribution in [3.8, 4) is 0 Å². The number of ketones is 1. The molecule has 2 aromatic rings. The molecule has 0 radical (unpaired) electrons. The van der Waals surface area contributed by atoms with Crippen LogP contribution in [0, 0.1) is 10.1 Å².